The van der Waals surface area contributed by atoms with Crippen LogP contribution >= 0.6 is 24.0 Å². The first-order valence-electron chi connectivity index (χ1n) is 11.1. The highest BCUT2D eigenvalue weighted by molar-refractivity contribution is 8.26. The largest absolute Gasteiger partial charge is 0.480 e. The molecule has 2 aliphatic rings. The van der Waals surface area contributed by atoms with Gasteiger partial charge in [-0.05, 0) is 43.7 Å². The average molecular weight is 489 g/mol. The second-order valence-corrected chi connectivity index (χ2v) is 10.2. The topological polar surface area (TPSA) is 107 Å². The molecule has 1 aromatic rings. The number of piperidine rings is 1. The maximum absolute atomic E-state index is 13.3. The lowest BCUT2D eigenvalue weighted by Crippen LogP contribution is -2.39. The molecule has 1 aromatic heterocycles. The average Bonchev–Trinajstić information content (AvgIpc) is 3.03. The van der Waals surface area contributed by atoms with Gasteiger partial charge in [0.1, 0.15) is 28.3 Å². The van der Waals surface area contributed by atoms with E-state index < -0.39 is 18.4 Å². The molecule has 0 atom stereocenters. The predicted molar refractivity (Wildman–Crippen MR) is 133 cm³/mol. The number of nitriles is 1. The minimum absolute atomic E-state index is 0.0625. The number of carboxylic acid groups (broad SMARTS) is 1. The molecule has 2 fully saturated rings. The molecule has 33 heavy (non-hydrogen) atoms. The summed E-state index contributed by atoms with van der Waals surface area (Å²) in [6.45, 7) is 7.51. The smallest absolute Gasteiger partial charge is 0.323 e. The van der Waals surface area contributed by atoms with E-state index in [-0.39, 0.29) is 15.4 Å². The minimum atomic E-state index is -1.15. The monoisotopic (exact) mass is 488 g/mol. The number of rotatable bonds is 7. The fourth-order valence-corrected chi connectivity index (χ4v) is 5.37. The molecule has 1 N–H and O–H groups in total. The third kappa shape index (κ3) is 5.14. The molecule has 10 heteroatoms. The van der Waals surface area contributed by atoms with Gasteiger partial charge in [-0.25, -0.2) is 0 Å². The van der Waals surface area contributed by atoms with E-state index in [1.165, 1.54) is 0 Å². The molecule has 0 bridgehead atoms. The maximum Gasteiger partial charge on any atom is 0.323 e. The number of pyridine rings is 1. The van der Waals surface area contributed by atoms with Crippen LogP contribution in [0, 0.1) is 24.2 Å². The number of hydrogen-bond acceptors (Lipinski definition) is 7. The lowest BCUT2D eigenvalue weighted by atomic mass is 9.97. The summed E-state index contributed by atoms with van der Waals surface area (Å²) in [6.07, 6.45) is 5.32. The van der Waals surface area contributed by atoms with Gasteiger partial charge in [-0.15, -0.1) is 0 Å². The highest BCUT2D eigenvalue weighted by Gasteiger charge is 2.34. The van der Waals surface area contributed by atoms with E-state index in [0.29, 0.717) is 28.5 Å². The first-order valence-corrected chi connectivity index (χ1v) is 12.3. The minimum Gasteiger partial charge on any atom is -0.480 e. The summed E-state index contributed by atoms with van der Waals surface area (Å²) >= 11 is 6.27. The highest BCUT2D eigenvalue weighted by Crippen LogP contribution is 2.36. The summed E-state index contributed by atoms with van der Waals surface area (Å²) in [5, 5.41) is 18.9. The van der Waals surface area contributed by atoms with Gasteiger partial charge in [-0.2, -0.15) is 5.26 Å². The lowest BCUT2D eigenvalue weighted by molar-refractivity contribution is -0.140. The molecule has 1 amide bonds. The molecule has 3 heterocycles. The van der Waals surface area contributed by atoms with Crippen molar-refractivity contribution < 1.29 is 14.7 Å². The molecule has 3 rings (SSSR count). The zero-order chi connectivity index (χ0) is 24.3. The van der Waals surface area contributed by atoms with Crippen LogP contribution in [-0.4, -0.2) is 50.4 Å². The number of thiocarbonyl (C=S) groups is 1. The van der Waals surface area contributed by atoms with Crippen LogP contribution in [0.4, 0.5) is 5.82 Å². The van der Waals surface area contributed by atoms with Crippen LogP contribution in [-0.2, 0) is 16.1 Å². The Morgan fingerprint density at radius 3 is 2.58 bits per heavy atom. The van der Waals surface area contributed by atoms with E-state index in [4.69, 9.17) is 17.3 Å². The Kier molecular flexibility index (Phi) is 7.97. The van der Waals surface area contributed by atoms with E-state index in [1.54, 1.807) is 17.6 Å². The SMILES string of the molecule is CCCCn1c(N2CCC(C)CC2)c(/C=C2/SC(=S)N(CC(=O)O)C2=O)c(C)c(C#N)c1=O. The number of amides is 1. The number of aliphatic carboxylic acids is 1. The number of aromatic nitrogens is 1. The summed E-state index contributed by atoms with van der Waals surface area (Å²) in [5.74, 6) is -0.311. The van der Waals surface area contributed by atoms with Crippen LogP contribution in [0.25, 0.3) is 6.08 Å². The number of nitrogens with zero attached hydrogens (tertiary/aromatic N) is 4. The first-order chi connectivity index (χ1) is 15.7. The van der Waals surface area contributed by atoms with Crippen molar-refractivity contribution in [3.05, 3.63) is 31.9 Å². The van der Waals surface area contributed by atoms with Crippen LogP contribution in [0.15, 0.2) is 9.70 Å². The van der Waals surface area contributed by atoms with Gasteiger partial charge in [-0.1, -0.05) is 44.2 Å². The predicted octanol–water partition coefficient (Wildman–Crippen LogP) is 3.35. The van der Waals surface area contributed by atoms with Crippen molar-refractivity contribution >= 4 is 52.1 Å². The number of anilines is 1. The lowest BCUT2D eigenvalue weighted by Gasteiger charge is -2.35. The number of unbranched alkanes of at least 4 members (excludes halogenated alkanes) is 1. The highest BCUT2D eigenvalue weighted by atomic mass is 32.2. The molecule has 0 unspecified atom stereocenters. The van der Waals surface area contributed by atoms with Crippen molar-refractivity contribution in [2.24, 2.45) is 5.92 Å². The number of hydrogen-bond donors (Lipinski definition) is 1. The van der Waals surface area contributed by atoms with Gasteiger partial charge >= 0.3 is 5.97 Å². The zero-order valence-electron chi connectivity index (χ0n) is 19.1. The Morgan fingerprint density at radius 2 is 2.00 bits per heavy atom. The van der Waals surface area contributed by atoms with Gasteiger partial charge < -0.3 is 10.0 Å². The molecule has 176 valence electrons. The Labute approximate surface area is 202 Å². The van der Waals surface area contributed by atoms with Crippen LogP contribution in [0.2, 0.25) is 0 Å². The normalized spacial score (nSPS) is 18.3. The summed E-state index contributed by atoms with van der Waals surface area (Å²) in [4.78, 5) is 40.9. The van der Waals surface area contributed by atoms with Gasteiger partial charge in [0.25, 0.3) is 11.5 Å². The van der Waals surface area contributed by atoms with Crippen molar-refractivity contribution in [1.82, 2.24) is 9.47 Å². The van der Waals surface area contributed by atoms with Gasteiger partial charge in [0.2, 0.25) is 0 Å². The second kappa shape index (κ2) is 10.5. The third-order valence-corrected chi connectivity index (χ3v) is 7.49. The first kappa shape index (κ1) is 25.0. The molecule has 0 radical (unpaired) electrons. The molecule has 0 aromatic carbocycles. The molecular weight excluding hydrogens is 460 g/mol. The van der Waals surface area contributed by atoms with E-state index in [9.17, 15) is 19.6 Å². The van der Waals surface area contributed by atoms with E-state index >= 15 is 0 Å². The Bertz CT molecular complexity index is 1110. The standard InChI is InChI=1S/C23H28N4O4S2/c1-4-5-8-26-20(25-9-6-14(2)7-10-25)16(15(3)17(12-24)21(26)30)11-18-22(31)27(13-19(28)29)23(32)33-18/h11,14H,4-10,13H2,1-3H3,(H,28,29)/b18-11+. The van der Waals surface area contributed by atoms with E-state index in [1.807, 2.05) is 6.92 Å². The van der Waals surface area contributed by atoms with Gasteiger partial charge in [-0.3, -0.25) is 23.9 Å². The second-order valence-electron chi connectivity index (χ2n) is 8.49. The summed E-state index contributed by atoms with van der Waals surface area (Å²) in [5.41, 5.74) is 0.917. The number of thioether (sulfide) groups is 1. The van der Waals surface area contributed by atoms with Crippen LogP contribution < -0.4 is 10.5 Å². The molecular formula is C23H28N4O4S2. The van der Waals surface area contributed by atoms with Crippen LogP contribution in [0.3, 0.4) is 0 Å². The summed E-state index contributed by atoms with van der Waals surface area (Å²) in [7, 11) is 0. The fourth-order valence-electron chi connectivity index (χ4n) is 4.13. The zero-order valence-corrected chi connectivity index (χ0v) is 20.7. The van der Waals surface area contributed by atoms with E-state index in [0.717, 1.165) is 61.3 Å². The fraction of sp³-hybridized carbons (Fsp3) is 0.522. The molecule has 0 spiro atoms. The summed E-state index contributed by atoms with van der Waals surface area (Å²) in [6, 6.07) is 2.05. The summed E-state index contributed by atoms with van der Waals surface area (Å²) < 4.78 is 1.86. The molecule has 2 aliphatic heterocycles. The van der Waals surface area contributed by atoms with Crippen molar-refractivity contribution in [3.8, 4) is 6.07 Å². The van der Waals surface area contributed by atoms with Crippen molar-refractivity contribution in [3.63, 3.8) is 0 Å². The van der Waals surface area contributed by atoms with Crippen molar-refractivity contribution in [2.45, 2.75) is 53.0 Å². The number of carboxylic acids is 1. The Balaban J connectivity index is 2.21. The molecule has 0 saturated carbocycles. The quantitative estimate of drug-likeness (QED) is 0.460. The third-order valence-electron chi connectivity index (χ3n) is 6.11. The van der Waals surface area contributed by atoms with E-state index in [2.05, 4.69) is 17.9 Å². The number of carbonyl (C=O) groups excluding carboxylic acids is 1. The van der Waals surface area contributed by atoms with Gasteiger partial charge in [0.05, 0.1) is 4.91 Å². The van der Waals surface area contributed by atoms with Gasteiger partial charge in [0, 0.05) is 25.2 Å². The Hall–Kier alpha value is -2.64. The van der Waals surface area contributed by atoms with Crippen molar-refractivity contribution in [1.29, 1.82) is 5.26 Å². The molecule has 2 saturated heterocycles. The maximum atomic E-state index is 13.3. The van der Waals surface area contributed by atoms with Crippen molar-refractivity contribution in [2.75, 3.05) is 24.5 Å². The van der Waals surface area contributed by atoms with Gasteiger partial charge in [0.15, 0.2) is 0 Å². The van der Waals surface area contributed by atoms with Crippen LogP contribution in [0.5, 0.6) is 0 Å². The molecule has 0 aliphatic carbocycles. The van der Waals surface area contributed by atoms with Crippen LogP contribution in [0.1, 0.15) is 56.2 Å². The Morgan fingerprint density at radius 1 is 1.33 bits per heavy atom. The number of carbonyl (C=O) groups is 2. The molecule has 8 nitrogen and oxygen atoms in total.